The minimum Gasteiger partial charge on any atom is -0.357 e. The molecule has 2 aromatic heterocycles. The molecule has 2 heterocycles. The van der Waals surface area contributed by atoms with Crippen molar-refractivity contribution < 1.29 is 0 Å². The molecule has 130 valence electrons. The van der Waals surface area contributed by atoms with Gasteiger partial charge < -0.3 is 10.6 Å². The lowest BCUT2D eigenvalue weighted by atomic mass is 10.3. The number of nitrogens with one attached hydrogen (secondary N) is 2. The van der Waals surface area contributed by atoms with Crippen LogP contribution in [0.25, 0.3) is 5.82 Å². The zero-order chi connectivity index (χ0) is 16.7. The second-order valence-corrected chi connectivity index (χ2v) is 5.23. The molecule has 24 heavy (non-hydrogen) atoms. The van der Waals surface area contributed by atoms with Gasteiger partial charge in [0.1, 0.15) is 0 Å². The lowest BCUT2D eigenvalue weighted by Gasteiger charge is -2.09. The quantitative estimate of drug-likeness (QED) is 0.314. The highest BCUT2D eigenvalue weighted by atomic mass is 127. The number of halogens is 1. The summed E-state index contributed by atoms with van der Waals surface area (Å²) in [6.07, 6.45) is 3.64. The maximum Gasteiger partial charge on any atom is 0.191 e. The van der Waals surface area contributed by atoms with Crippen molar-refractivity contribution in [3.63, 3.8) is 0 Å². The van der Waals surface area contributed by atoms with E-state index < -0.39 is 0 Å². The Morgan fingerprint density at radius 2 is 2.12 bits per heavy atom. The minimum atomic E-state index is 0. The van der Waals surface area contributed by atoms with Crippen molar-refractivity contribution in [2.45, 2.75) is 27.3 Å². The van der Waals surface area contributed by atoms with Gasteiger partial charge in [0.15, 0.2) is 11.8 Å². The van der Waals surface area contributed by atoms with Gasteiger partial charge in [-0.25, -0.2) is 14.7 Å². The van der Waals surface area contributed by atoms with Gasteiger partial charge in [0, 0.05) is 25.0 Å². The van der Waals surface area contributed by atoms with Crippen molar-refractivity contribution in [2.24, 2.45) is 4.99 Å². The van der Waals surface area contributed by atoms with E-state index in [1.54, 1.807) is 6.08 Å². The Morgan fingerprint density at radius 1 is 1.33 bits per heavy atom. The molecule has 0 aromatic carbocycles. The van der Waals surface area contributed by atoms with E-state index in [2.05, 4.69) is 32.3 Å². The van der Waals surface area contributed by atoms with E-state index in [-0.39, 0.29) is 24.0 Å². The van der Waals surface area contributed by atoms with Gasteiger partial charge in [0.05, 0.1) is 12.2 Å². The zero-order valence-electron chi connectivity index (χ0n) is 14.4. The summed E-state index contributed by atoms with van der Waals surface area (Å²) < 4.78 is 1.85. The second-order valence-electron chi connectivity index (χ2n) is 5.23. The molecule has 6 nitrogen and oxygen atoms in total. The highest BCUT2D eigenvalue weighted by Gasteiger charge is 2.05. The van der Waals surface area contributed by atoms with E-state index >= 15 is 0 Å². The average Bonchev–Trinajstić information content (AvgIpc) is 2.89. The molecule has 7 heteroatoms. The highest BCUT2D eigenvalue weighted by molar-refractivity contribution is 14.0. The van der Waals surface area contributed by atoms with Gasteiger partial charge in [-0.2, -0.15) is 5.10 Å². The smallest absolute Gasteiger partial charge is 0.191 e. The van der Waals surface area contributed by atoms with E-state index in [1.807, 2.05) is 49.8 Å². The first-order valence-electron chi connectivity index (χ1n) is 7.75. The second kappa shape index (κ2) is 10.1. The fourth-order valence-corrected chi connectivity index (χ4v) is 2.18. The molecule has 2 N–H and O–H groups in total. The molecule has 0 aliphatic carbocycles. The molecule has 0 saturated heterocycles. The third kappa shape index (κ3) is 5.63. The normalized spacial score (nSPS) is 10.9. The highest BCUT2D eigenvalue weighted by Crippen LogP contribution is 2.10. The molecular formula is C17H25IN6. The predicted molar refractivity (Wildman–Crippen MR) is 109 cm³/mol. The van der Waals surface area contributed by atoms with Crippen LogP contribution in [0.4, 0.5) is 0 Å². The van der Waals surface area contributed by atoms with Crippen LogP contribution in [0.3, 0.4) is 0 Å². The van der Waals surface area contributed by atoms with Crippen molar-refractivity contribution in [1.29, 1.82) is 0 Å². The number of hydrogen-bond acceptors (Lipinski definition) is 3. The summed E-state index contributed by atoms with van der Waals surface area (Å²) in [7, 11) is 0. The molecule has 2 rings (SSSR count). The van der Waals surface area contributed by atoms with Crippen LogP contribution in [0.15, 0.2) is 42.0 Å². The Balaban J connectivity index is 0.00000288. The van der Waals surface area contributed by atoms with Crippen LogP contribution in [-0.2, 0) is 6.54 Å². The van der Waals surface area contributed by atoms with Gasteiger partial charge in [-0.15, -0.1) is 30.6 Å². The predicted octanol–water partition coefficient (Wildman–Crippen LogP) is 2.74. The number of aryl methyl sites for hydroxylation is 2. The Labute approximate surface area is 160 Å². The van der Waals surface area contributed by atoms with Crippen LogP contribution >= 0.6 is 24.0 Å². The molecule has 0 fully saturated rings. The molecule has 0 aliphatic rings. The van der Waals surface area contributed by atoms with Crippen molar-refractivity contribution >= 4 is 29.9 Å². The van der Waals surface area contributed by atoms with Crippen molar-refractivity contribution in [1.82, 2.24) is 25.4 Å². The van der Waals surface area contributed by atoms with E-state index in [0.717, 1.165) is 35.3 Å². The van der Waals surface area contributed by atoms with Crippen LogP contribution in [0.1, 0.15) is 23.9 Å². The Bertz CT molecular complexity index is 675. The van der Waals surface area contributed by atoms with Crippen molar-refractivity contribution in [3.05, 3.63) is 54.0 Å². The van der Waals surface area contributed by atoms with Gasteiger partial charge in [-0.3, -0.25) is 0 Å². The first-order valence-corrected chi connectivity index (χ1v) is 7.75. The molecule has 2 aromatic rings. The summed E-state index contributed by atoms with van der Waals surface area (Å²) in [5.41, 5.74) is 3.11. The largest absolute Gasteiger partial charge is 0.357 e. The summed E-state index contributed by atoms with van der Waals surface area (Å²) in [5, 5.41) is 10.8. The first-order chi connectivity index (χ1) is 11.1. The molecule has 0 saturated carbocycles. The van der Waals surface area contributed by atoms with Crippen molar-refractivity contribution in [2.75, 3.05) is 13.1 Å². The maximum atomic E-state index is 4.53. The third-order valence-corrected chi connectivity index (χ3v) is 3.21. The van der Waals surface area contributed by atoms with Gasteiger partial charge in [-0.05, 0) is 38.5 Å². The van der Waals surface area contributed by atoms with Gasteiger partial charge in [0.2, 0.25) is 0 Å². The summed E-state index contributed by atoms with van der Waals surface area (Å²) in [6, 6.07) is 6.03. The number of nitrogens with zero attached hydrogens (tertiary/aromatic N) is 4. The van der Waals surface area contributed by atoms with E-state index in [0.29, 0.717) is 13.1 Å². The van der Waals surface area contributed by atoms with Crippen LogP contribution in [0.2, 0.25) is 0 Å². The van der Waals surface area contributed by atoms with Gasteiger partial charge in [0.25, 0.3) is 0 Å². The van der Waals surface area contributed by atoms with Gasteiger partial charge >= 0.3 is 0 Å². The molecule has 0 spiro atoms. The minimum absolute atomic E-state index is 0. The van der Waals surface area contributed by atoms with Crippen LogP contribution in [-0.4, -0.2) is 33.8 Å². The fourth-order valence-electron chi connectivity index (χ4n) is 2.18. The molecule has 0 bridgehead atoms. The lowest BCUT2D eigenvalue weighted by molar-refractivity contribution is 0.802. The summed E-state index contributed by atoms with van der Waals surface area (Å²) >= 11 is 0. The summed E-state index contributed by atoms with van der Waals surface area (Å²) in [6.45, 7) is 11.8. The van der Waals surface area contributed by atoms with E-state index in [4.69, 9.17) is 0 Å². The monoisotopic (exact) mass is 440 g/mol. The number of guanidine groups is 1. The topological polar surface area (TPSA) is 67.1 Å². The Morgan fingerprint density at radius 3 is 2.67 bits per heavy atom. The lowest BCUT2D eigenvalue weighted by Crippen LogP contribution is -2.37. The zero-order valence-corrected chi connectivity index (χ0v) is 16.7. The number of hydrogen-bond donors (Lipinski definition) is 2. The number of aromatic nitrogens is 3. The number of rotatable bonds is 6. The fraction of sp³-hybridized carbons (Fsp3) is 0.353. The number of pyridine rings is 1. The molecule has 0 aliphatic heterocycles. The SMILES string of the molecule is C=CCNC(=NCc1ccc(-n2nc(C)cc2C)nc1)NCC.I. The first kappa shape index (κ1) is 20.1. The van der Waals surface area contributed by atoms with Crippen LogP contribution < -0.4 is 10.6 Å². The molecule has 0 atom stereocenters. The molecule has 0 unspecified atom stereocenters. The standard InChI is InChI=1S/C17H24N6.HI/c1-5-9-19-17(18-6-2)21-12-15-7-8-16(20-11-15)23-14(4)10-13(3)22-23;/h5,7-8,10-11H,1,6,9,12H2,2-4H3,(H2,18,19,21);1H. The van der Waals surface area contributed by atoms with Crippen LogP contribution in [0.5, 0.6) is 0 Å². The summed E-state index contributed by atoms with van der Waals surface area (Å²) in [5.74, 6) is 1.59. The molecular weight excluding hydrogens is 415 g/mol. The molecule has 0 amide bonds. The average molecular weight is 440 g/mol. The summed E-state index contributed by atoms with van der Waals surface area (Å²) in [4.78, 5) is 9.01. The molecule has 0 radical (unpaired) electrons. The maximum absolute atomic E-state index is 4.53. The van der Waals surface area contributed by atoms with E-state index in [9.17, 15) is 0 Å². The van der Waals surface area contributed by atoms with Crippen molar-refractivity contribution in [3.8, 4) is 5.82 Å². The van der Waals surface area contributed by atoms with Crippen LogP contribution in [0, 0.1) is 13.8 Å². The van der Waals surface area contributed by atoms with Gasteiger partial charge in [-0.1, -0.05) is 12.1 Å². The number of aliphatic imine (C=N–C) groups is 1. The van der Waals surface area contributed by atoms with E-state index in [1.165, 1.54) is 0 Å². The Kier molecular flexibility index (Phi) is 8.45. The Hall–Kier alpha value is -1.90. The third-order valence-electron chi connectivity index (χ3n) is 3.21.